The Kier molecular flexibility index (Phi) is 3.25. The first-order valence-corrected chi connectivity index (χ1v) is 5.93. The number of hydrogen-bond acceptors (Lipinski definition) is 1. The molecule has 1 N–H and O–H groups in total. The van der Waals surface area contributed by atoms with E-state index in [1.54, 1.807) is 0 Å². The minimum absolute atomic E-state index is 0.450. The molecule has 2 rings (SSSR count). The number of benzene rings is 2. The van der Waals surface area contributed by atoms with Gasteiger partial charge in [-0.3, -0.25) is 0 Å². The van der Waals surface area contributed by atoms with Crippen molar-refractivity contribution in [1.29, 1.82) is 0 Å². The zero-order chi connectivity index (χ0) is 11.5. The summed E-state index contributed by atoms with van der Waals surface area (Å²) in [6, 6.07) is 13.6. The van der Waals surface area contributed by atoms with E-state index >= 15 is 0 Å². The Bertz CT molecular complexity index is 484. The van der Waals surface area contributed by atoms with Crippen molar-refractivity contribution in [3.63, 3.8) is 0 Å². The van der Waals surface area contributed by atoms with Crippen molar-refractivity contribution in [1.82, 2.24) is 5.32 Å². The monoisotopic (exact) mass is 213 g/mol. The van der Waals surface area contributed by atoms with Crippen LogP contribution in [-0.2, 0) is 0 Å². The van der Waals surface area contributed by atoms with Crippen LogP contribution < -0.4 is 5.32 Å². The van der Waals surface area contributed by atoms with Crippen molar-refractivity contribution in [2.24, 2.45) is 0 Å². The summed E-state index contributed by atoms with van der Waals surface area (Å²) in [5, 5.41) is 6.13. The Balaban J connectivity index is 2.66. The predicted molar refractivity (Wildman–Crippen MR) is 70.8 cm³/mol. The molecule has 0 fully saturated rings. The van der Waals surface area contributed by atoms with Crippen LogP contribution in [0.3, 0.4) is 0 Å². The minimum atomic E-state index is 0.450. The van der Waals surface area contributed by atoms with Crippen LogP contribution in [0.5, 0.6) is 0 Å². The summed E-state index contributed by atoms with van der Waals surface area (Å²) >= 11 is 0. The highest BCUT2D eigenvalue weighted by molar-refractivity contribution is 5.88. The maximum absolute atomic E-state index is 3.38. The zero-order valence-corrected chi connectivity index (χ0v) is 10.2. The van der Waals surface area contributed by atoms with Gasteiger partial charge in [-0.25, -0.2) is 0 Å². The standard InChI is InChI=1S/C15H19N/c1-4-15(16-3)14-10-9-11(2)12-7-5-6-8-13(12)14/h5-10,15-16H,4H2,1-3H3. The smallest absolute Gasteiger partial charge is 0.0321 e. The molecule has 0 saturated carbocycles. The number of rotatable bonds is 3. The lowest BCUT2D eigenvalue weighted by molar-refractivity contribution is 0.581. The van der Waals surface area contributed by atoms with Gasteiger partial charge in [0, 0.05) is 6.04 Å². The van der Waals surface area contributed by atoms with Crippen LogP contribution in [0.1, 0.15) is 30.5 Å². The molecule has 1 nitrogen and oxygen atoms in total. The molecule has 0 spiro atoms. The fourth-order valence-corrected chi connectivity index (χ4v) is 2.36. The van der Waals surface area contributed by atoms with Gasteiger partial charge in [0.2, 0.25) is 0 Å². The molecule has 0 radical (unpaired) electrons. The first kappa shape index (κ1) is 11.2. The van der Waals surface area contributed by atoms with Gasteiger partial charge in [0.1, 0.15) is 0 Å². The average molecular weight is 213 g/mol. The van der Waals surface area contributed by atoms with Crippen molar-refractivity contribution < 1.29 is 0 Å². The van der Waals surface area contributed by atoms with Crippen molar-refractivity contribution in [3.8, 4) is 0 Å². The minimum Gasteiger partial charge on any atom is -0.313 e. The lowest BCUT2D eigenvalue weighted by Gasteiger charge is -2.17. The highest BCUT2D eigenvalue weighted by atomic mass is 14.9. The average Bonchev–Trinajstić information content (AvgIpc) is 2.34. The fourth-order valence-electron chi connectivity index (χ4n) is 2.36. The second kappa shape index (κ2) is 4.67. The van der Waals surface area contributed by atoms with Gasteiger partial charge in [-0.2, -0.15) is 0 Å². The zero-order valence-electron chi connectivity index (χ0n) is 10.2. The summed E-state index contributed by atoms with van der Waals surface area (Å²) in [5.74, 6) is 0. The molecule has 2 aromatic rings. The molecule has 84 valence electrons. The molecule has 0 aliphatic heterocycles. The molecule has 0 amide bonds. The summed E-state index contributed by atoms with van der Waals surface area (Å²) < 4.78 is 0. The van der Waals surface area contributed by atoms with Crippen LogP contribution in [0.2, 0.25) is 0 Å². The molecule has 0 aliphatic carbocycles. The van der Waals surface area contributed by atoms with Crippen LogP contribution in [0.4, 0.5) is 0 Å². The third-order valence-electron chi connectivity index (χ3n) is 3.31. The van der Waals surface area contributed by atoms with Gasteiger partial charge in [0.05, 0.1) is 0 Å². The lowest BCUT2D eigenvalue weighted by Crippen LogP contribution is -2.15. The van der Waals surface area contributed by atoms with E-state index in [1.807, 2.05) is 7.05 Å². The number of nitrogens with one attached hydrogen (secondary N) is 1. The van der Waals surface area contributed by atoms with Crippen molar-refractivity contribution >= 4 is 10.8 Å². The van der Waals surface area contributed by atoms with Crippen molar-refractivity contribution in [3.05, 3.63) is 47.5 Å². The Hall–Kier alpha value is -1.34. The molecule has 2 aromatic carbocycles. The third kappa shape index (κ3) is 1.83. The highest BCUT2D eigenvalue weighted by Crippen LogP contribution is 2.28. The molecule has 1 heteroatoms. The van der Waals surface area contributed by atoms with Crippen LogP contribution in [0, 0.1) is 6.92 Å². The van der Waals surface area contributed by atoms with Gasteiger partial charge in [-0.1, -0.05) is 43.3 Å². The molecule has 0 bridgehead atoms. The summed E-state index contributed by atoms with van der Waals surface area (Å²) in [4.78, 5) is 0. The van der Waals surface area contributed by atoms with Crippen LogP contribution in [0.15, 0.2) is 36.4 Å². The van der Waals surface area contributed by atoms with E-state index < -0.39 is 0 Å². The Morgan fingerprint density at radius 2 is 1.75 bits per heavy atom. The summed E-state index contributed by atoms with van der Waals surface area (Å²) in [5.41, 5.74) is 2.76. The van der Waals surface area contributed by atoms with Crippen molar-refractivity contribution in [2.75, 3.05) is 7.05 Å². The Morgan fingerprint density at radius 3 is 2.38 bits per heavy atom. The quantitative estimate of drug-likeness (QED) is 0.817. The number of fused-ring (bicyclic) bond motifs is 1. The second-order valence-corrected chi connectivity index (χ2v) is 4.27. The molecule has 0 aromatic heterocycles. The van der Waals surface area contributed by atoms with Gasteiger partial charge >= 0.3 is 0 Å². The van der Waals surface area contributed by atoms with E-state index in [1.165, 1.54) is 21.9 Å². The summed E-state index contributed by atoms with van der Waals surface area (Å²) in [6.45, 7) is 4.39. The largest absolute Gasteiger partial charge is 0.313 e. The van der Waals surface area contributed by atoms with Crippen LogP contribution >= 0.6 is 0 Å². The van der Waals surface area contributed by atoms with E-state index in [4.69, 9.17) is 0 Å². The van der Waals surface area contributed by atoms with E-state index in [-0.39, 0.29) is 0 Å². The maximum Gasteiger partial charge on any atom is 0.0321 e. The fraction of sp³-hybridized carbons (Fsp3) is 0.333. The van der Waals surface area contributed by atoms with Crippen molar-refractivity contribution in [2.45, 2.75) is 26.3 Å². The second-order valence-electron chi connectivity index (χ2n) is 4.27. The first-order valence-electron chi connectivity index (χ1n) is 5.93. The first-order chi connectivity index (χ1) is 7.77. The molecular weight excluding hydrogens is 194 g/mol. The molecule has 0 heterocycles. The van der Waals surface area contributed by atoms with Gasteiger partial charge in [0.15, 0.2) is 0 Å². The van der Waals surface area contributed by atoms with E-state index in [2.05, 4.69) is 55.6 Å². The summed E-state index contributed by atoms with van der Waals surface area (Å²) in [6.07, 6.45) is 1.11. The number of hydrogen-bond donors (Lipinski definition) is 1. The van der Waals surface area contributed by atoms with Crippen LogP contribution in [-0.4, -0.2) is 7.05 Å². The molecule has 1 unspecified atom stereocenters. The lowest BCUT2D eigenvalue weighted by atomic mass is 9.95. The molecule has 0 saturated heterocycles. The number of aryl methyl sites for hydroxylation is 1. The SMILES string of the molecule is CCC(NC)c1ccc(C)c2ccccc12. The highest BCUT2D eigenvalue weighted by Gasteiger charge is 2.10. The van der Waals surface area contributed by atoms with E-state index in [0.717, 1.165) is 6.42 Å². The van der Waals surface area contributed by atoms with E-state index in [0.29, 0.717) is 6.04 Å². The summed E-state index contributed by atoms with van der Waals surface area (Å²) in [7, 11) is 2.03. The normalized spacial score (nSPS) is 12.9. The Labute approximate surface area is 97.5 Å². The van der Waals surface area contributed by atoms with Gasteiger partial charge < -0.3 is 5.32 Å². The molecule has 16 heavy (non-hydrogen) atoms. The molecule has 1 atom stereocenters. The van der Waals surface area contributed by atoms with Gasteiger partial charge in [0.25, 0.3) is 0 Å². The maximum atomic E-state index is 3.38. The third-order valence-corrected chi connectivity index (χ3v) is 3.31. The topological polar surface area (TPSA) is 12.0 Å². The van der Waals surface area contributed by atoms with E-state index in [9.17, 15) is 0 Å². The van der Waals surface area contributed by atoms with Gasteiger partial charge in [-0.15, -0.1) is 0 Å². The predicted octanol–water partition coefficient (Wildman–Crippen LogP) is 3.82. The van der Waals surface area contributed by atoms with Crippen LogP contribution in [0.25, 0.3) is 10.8 Å². The Morgan fingerprint density at radius 1 is 1.06 bits per heavy atom. The molecule has 0 aliphatic rings. The molecular formula is C15H19N. The van der Waals surface area contributed by atoms with Gasteiger partial charge in [-0.05, 0) is 42.3 Å².